The topological polar surface area (TPSA) is 43.4 Å². The lowest BCUT2D eigenvalue weighted by molar-refractivity contribution is 0.187. The highest BCUT2D eigenvalue weighted by molar-refractivity contribution is 5.53. The maximum Gasteiger partial charge on any atom is 0.237 e. The third-order valence-electron chi connectivity index (χ3n) is 2.79. The Hall–Kier alpha value is -1.29. The zero-order chi connectivity index (χ0) is 11.4. The maximum atomic E-state index is 5.34. The van der Waals surface area contributed by atoms with Crippen molar-refractivity contribution in [2.75, 3.05) is 32.2 Å². The molecule has 2 rings (SSSR count). The summed E-state index contributed by atoms with van der Waals surface area (Å²) >= 11 is 0. The molecule has 0 amide bonds. The van der Waals surface area contributed by atoms with Gasteiger partial charge in [0.1, 0.15) is 0 Å². The van der Waals surface area contributed by atoms with Crippen LogP contribution in [0.3, 0.4) is 0 Å². The van der Waals surface area contributed by atoms with Gasteiger partial charge in [0.2, 0.25) is 5.88 Å². The summed E-state index contributed by atoms with van der Waals surface area (Å²) in [6.07, 6.45) is 2.94. The van der Waals surface area contributed by atoms with Crippen LogP contribution >= 0.6 is 0 Å². The first-order chi connectivity index (χ1) is 7.79. The van der Waals surface area contributed by atoms with Crippen molar-refractivity contribution in [2.24, 2.45) is 5.92 Å². The molecule has 1 aliphatic heterocycles. The Bertz CT molecular complexity index is 349. The van der Waals surface area contributed by atoms with Crippen LogP contribution in [0, 0.1) is 12.8 Å². The monoisotopic (exact) mass is 222 g/mol. The third kappa shape index (κ3) is 2.64. The molecule has 0 aromatic carbocycles. The molecule has 0 aliphatic carbocycles. The minimum atomic E-state index is 0.602. The summed E-state index contributed by atoms with van der Waals surface area (Å²) in [7, 11) is 1.64. The predicted molar refractivity (Wildman–Crippen MR) is 62.9 cm³/mol. The first-order valence-electron chi connectivity index (χ1n) is 5.62. The number of hydrogen-bond acceptors (Lipinski definition) is 4. The van der Waals surface area contributed by atoms with E-state index in [-0.39, 0.29) is 0 Å². The van der Waals surface area contributed by atoms with Crippen molar-refractivity contribution in [3.8, 4) is 5.88 Å². The fraction of sp³-hybridized carbons (Fsp3) is 0.583. The van der Waals surface area contributed by atoms with E-state index in [1.807, 2.05) is 13.1 Å². The Labute approximate surface area is 96.0 Å². The number of rotatable bonds is 4. The van der Waals surface area contributed by atoms with Crippen LogP contribution in [0.1, 0.15) is 12.0 Å². The van der Waals surface area contributed by atoms with E-state index >= 15 is 0 Å². The minimum Gasteiger partial charge on any atom is -0.480 e. The molecule has 0 spiro atoms. The Kier molecular flexibility index (Phi) is 3.62. The lowest BCUT2D eigenvalue weighted by Gasteiger charge is -2.13. The molecule has 0 saturated carbocycles. The molecule has 4 heteroatoms. The van der Waals surface area contributed by atoms with E-state index in [4.69, 9.17) is 9.47 Å². The fourth-order valence-corrected chi connectivity index (χ4v) is 1.84. The van der Waals surface area contributed by atoms with E-state index in [1.165, 1.54) is 0 Å². The second-order valence-corrected chi connectivity index (χ2v) is 4.18. The predicted octanol–water partition coefficient (Wildman–Crippen LogP) is 1.85. The van der Waals surface area contributed by atoms with Crippen molar-refractivity contribution in [3.05, 3.63) is 17.8 Å². The minimum absolute atomic E-state index is 0.602. The molecule has 1 aromatic rings. The van der Waals surface area contributed by atoms with Crippen LogP contribution in [-0.4, -0.2) is 31.9 Å². The SMILES string of the molecule is COc1ncc(C)cc1NCC1CCOC1. The van der Waals surface area contributed by atoms with E-state index in [9.17, 15) is 0 Å². The van der Waals surface area contributed by atoms with E-state index < -0.39 is 0 Å². The number of pyridine rings is 1. The van der Waals surface area contributed by atoms with Gasteiger partial charge in [-0.2, -0.15) is 0 Å². The van der Waals surface area contributed by atoms with Crippen LogP contribution in [0.15, 0.2) is 12.3 Å². The lowest BCUT2D eigenvalue weighted by atomic mass is 10.1. The number of aromatic nitrogens is 1. The standard InChI is InChI=1S/C12H18N2O2/c1-9-5-11(12(15-2)14-6-9)13-7-10-3-4-16-8-10/h5-6,10,13H,3-4,7-8H2,1-2H3. The Morgan fingerprint density at radius 2 is 2.50 bits per heavy atom. The number of anilines is 1. The van der Waals surface area contributed by atoms with E-state index in [0.717, 1.165) is 37.4 Å². The van der Waals surface area contributed by atoms with Gasteiger partial charge in [0.25, 0.3) is 0 Å². The summed E-state index contributed by atoms with van der Waals surface area (Å²) in [4.78, 5) is 4.23. The molecule has 1 atom stereocenters. The molecule has 1 N–H and O–H groups in total. The Morgan fingerprint density at radius 3 is 3.19 bits per heavy atom. The summed E-state index contributed by atoms with van der Waals surface area (Å²) in [5, 5.41) is 3.38. The number of hydrogen-bond donors (Lipinski definition) is 1. The summed E-state index contributed by atoms with van der Waals surface area (Å²) in [6, 6.07) is 2.06. The second-order valence-electron chi connectivity index (χ2n) is 4.18. The number of methoxy groups -OCH3 is 1. The fourth-order valence-electron chi connectivity index (χ4n) is 1.84. The van der Waals surface area contributed by atoms with Crippen molar-refractivity contribution >= 4 is 5.69 Å². The third-order valence-corrected chi connectivity index (χ3v) is 2.79. The number of ether oxygens (including phenoxy) is 2. The van der Waals surface area contributed by atoms with Crippen molar-refractivity contribution in [2.45, 2.75) is 13.3 Å². The van der Waals surface area contributed by atoms with E-state index in [1.54, 1.807) is 7.11 Å². The Morgan fingerprint density at radius 1 is 1.62 bits per heavy atom. The first kappa shape index (κ1) is 11.2. The molecule has 0 bridgehead atoms. The van der Waals surface area contributed by atoms with E-state index in [2.05, 4.69) is 16.4 Å². The van der Waals surface area contributed by atoms with Crippen LogP contribution in [0.25, 0.3) is 0 Å². The second kappa shape index (κ2) is 5.16. The molecular weight excluding hydrogens is 204 g/mol. The van der Waals surface area contributed by atoms with Crippen LogP contribution in [0.2, 0.25) is 0 Å². The van der Waals surface area contributed by atoms with Gasteiger partial charge < -0.3 is 14.8 Å². The largest absolute Gasteiger partial charge is 0.480 e. The summed E-state index contributed by atoms with van der Waals surface area (Å²) in [5.41, 5.74) is 2.10. The molecule has 1 unspecified atom stereocenters. The summed E-state index contributed by atoms with van der Waals surface area (Å²) in [5.74, 6) is 1.26. The molecule has 1 saturated heterocycles. The van der Waals surface area contributed by atoms with Gasteiger partial charge in [-0.3, -0.25) is 0 Å². The van der Waals surface area contributed by atoms with Crippen LogP contribution in [0.5, 0.6) is 5.88 Å². The average Bonchev–Trinajstić information content (AvgIpc) is 2.79. The highest BCUT2D eigenvalue weighted by atomic mass is 16.5. The molecule has 4 nitrogen and oxygen atoms in total. The van der Waals surface area contributed by atoms with Crippen molar-refractivity contribution in [1.29, 1.82) is 0 Å². The van der Waals surface area contributed by atoms with Gasteiger partial charge in [0, 0.05) is 25.3 Å². The zero-order valence-corrected chi connectivity index (χ0v) is 9.82. The van der Waals surface area contributed by atoms with Crippen LogP contribution in [0.4, 0.5) is 5.69 Å². The highest BCUT2D eigenvalue weighted by Crippen LogP contribution is 2.23. The van der Waals surface area contributed by atoms with E-state index in [0.29, 0.717) is 11.8 Å². The summed E-state index contributed by atoms with van der Waals surface area (Å²) in [6.45, 7) is 4.68. The van der Waals surface area contributed by atoms with Crippen molar-refractivity contribution < 1.29 is 9.47 Å². The molecule has 16 heavy (non-hydrogen) atoms. The first-order valence-corrected chi connectivity index (χ1v) is 5.62. The van der Waals surface area contributed by atoms with Gasteiger partial charge in [-0.25, -0.2) is 4.98 Å². The van der Waals surface area contributed by atoms with Crippen molar-refractivity contribution in [1.82, 2.24) is 4.98 Å². The van der Waals surface area contributed by atoms with Gasteiger partial charge >= 0.3 is 0 Å². The van der Waals surface area contributed by atoms with Gasteiger partial charge in [-0.15, -0.1) is 0 Å². The Balaban J connectivity index is 1.98. The maximum absolute atomic E-state index is 5.34. The molecule has 1 aromatic heterocycles. The quantitative estimate of drug-likeness (QED) is 0.844. The molecule has 1 fully saturated rings. The van der Waals surface area contributed by atoms with Gasteiger partial charge in [-0.05, 0) is 25.0 Å². The molecule has 0 radical (unpaired) electrons. The summed E-state index contributed by atoms with van der Waals surface area (Å²) < 4.78 is 10.5. The molecule has 1 aliphatic rings. The molecular formula is C12H18N2O2. The number of aryl methyl sites for hydroxylation is 1. The number of nitrogens with one attached hydrogen (secondary N) is 1. The smallest absolute Gasteiger partial charge is 0.237 e. The van der Waals surface area contributed by atoms with Gasteiger partial charge in [0.15, 0.2) is 0 Å². The molecule has 2 heterocycles. The number of nitrogens with zero attached hydrogens (tertiary/aromatic N) is 1. The van der Waals surface area contributed by atoms with Crippen LogP contribution < -0.4 is 10.1 Å². The lowest BCUT2D eigenvalue weighted by Crippen LogP contribution is -2.14. The average molecular weight is 222 g/mol. The van der Waals surface area contributed by atoms with Gasteiger partial charge in [0.05, 0.1) is 19.4 Å². The molecule has 88 valence electrons. The normalized spacial score (nSPS) is 19.8. The zero-order valence-electron chi connectivity index (χ0n) is 9.82. The van der Waals surface area contributed by atoms with Gasteiger partial charge in [-0.1, -0.05) is 0 Å². The van der Waals surface area contributed by atoms with Crippen molar-refractivity contribution in [3.63, 3.8) is 0 Å². The van der Waals surface area contributed by atoms with Crippen LogP contribution in [-0.2, 0) is 4.74 Å². The highest BCUT2D eigenvalue weighted by Gasteiger charge is 2.16.